The van der Waals surface area contributed by atoms with Crippen molar-refractivity contribution in [3.05, 3.63) is 29.3 Å². The number of rotatable bonds is 7. The summed E-state index contributed by atoms with van der Waals surface area (Å²) in [7, 11) is 0. The summed E-state index contributed by atoms with van der Waals surface area (Å²) >= 11 is 0. The molecule has 0 spiro atoms. The Bertz CT molecular complexity index is 530. The van der Waals surface area contributed by atoms with Gasteiger partial charge in [-0.05, 0) is 50.7 Å². The third kappa shape index (κ3) is 5.24. The molecule has 0 heterocycles. The summed E-state index contributed by atoms with van der Waals surface area (Å²) in [5, 5.41) is 3.02. The van der Waals surface area contributed by atoms with Crippen molar-refractivity contribution in [1.82, 2.24) is 5.32 Å². The van der Waals surface area contributed by atoms with Gasteiger partial charge in [0.15, 0.2) is 0 Å². The smallest absolute Gasteiger partial charge is 0.220 e. The summed E-state index contributed by atoms with van der Waals surface area (Å²) < 4.78 is 5.99. The number of hydrogen-bond donors (Lipinski definition) is 2. The molecular weight excluding hydrogens is 288 g/mol. The number of carbonyl (C=O) groups excluding carboxylic acids is 1. The Labute approximate surface area is 139 Å². The Morgan fingerprint density at radius 1 is 1.43 bits per heavy atom. The average Bonchev–Trinajstić information content (AvgIpc) is 2.91. The molecule has 0 aliphatic heterocycles. The normalized spacial score (nSPS) is 21.9. The number of benzene rings is 1. The first-order chi connectivity index (χ1) is 11.0. The summed E-state index contributed by atoms with van der Waals surface area (Å²) in [6.45, 7) is 6.72. The highest BCUT2D eigenvalue weighted by Gasteiger charge is 2.25. The van der Waals surface area contributed by atoms with Crippen LogP contribution in [0.3, 0.4) is 0 Å². The van der Waals surface area contributed by atoms with Crippen molar-refractivity contribution in [3.63, 3.8) is 0 Å². The van der Waals surface area contributed by atoms with E-state index in [0.29, 0.717) is 18.9 Å². The molecule has 0 radical (unpaired) electrons. The maximum atomic E-state index is 12.2. The van der Waals surface area contributed by atoms with Crippen LogP contribution in [0.1, 0.15) is 57.1 Å². The maximum absolute atomic E-state index is 12.2. The second-order valence-electron chi connectivity index (χ2n) is 6.78. The topological polar surface area (TPSA) is 64.3 Å². The molecule has 1 fully saturated rings. The van der Waals surface area contributed by atoms with Crippen LogP contribution in [-0.2, 0) is 11.3 Å². The quantitative estimate of drug-likeness (QED) is 0.810. The zero-order valence-corrected chi connectivity index (χ0v) is 14.6. The summed E-state index contributed by atoms with van der Waals surface area (Å²) in [5.74, 6) is 1.29. The van der Waals surface area contributed by atoms with E-state index in [-0.39, 0.29) is 18.1 Å². The molecule has 0 bridgehead atoms. The number of ether oxygens (including phenoxy) is 1. The maximum Gasteiger partial charge on any atom is 0.220 e. The highest BCUT2D eigenvalue weighted by Crippen LogP contribution is 2.27. The van der Waals surface area contributed by atoms with Crippen LogP contribution >= 0.6 is 0 Å². The van der Waals surface area contributed by atoms with Crippen molar-refractivity contribution in [2.75, 3.05) is 0 Å². The fourth-order valence-corrected chi connectivity index (χ4v) is 3.04. The van der Waals surface area contributed by atoms with Crippen molar-refractivity contribution in [1.29, 1.82) is 0 Å². The second kappa shape index (κ2) is 8.34. The summed E-state index contributed by atoms with van der Waals surface area (Å²) in [5.41, 5.74) is 8.24. The van der Waals surface area contributed by atoms with Gasteiger partial charge in [-0.2, -0.15) is 0 Å². The number of hydrogen-bond acceptors (Lipinski definition) is 3. The van der Waals surface area contributed by atoms with Gasteiger partial charge in [-0.3, -0.25) is 4.79 Å². The van der Waals surface area contributed by atoms with Crippen LogP contribution in [0.4, 0.5) is 0 Å². The fourth-order valence-electron chi connectivity index (χ4n) is 3.04. The van der Waals surface area contributed by atoms with E-state index in [0.717, 1.165) is 42.6 Å². The number of amides is 1. The molecule has 4 heteroatoms. The molecule has 3 N–H and O–H groups in total. The highest BCUT2D eigenvalue weighted by atomic mass is 16.5. The molecule has 0 aromatic heterocycles. The molecule has 1 aliphatic rings. The molecule has 1 saturated carbocycles. The van der Waals surface area contributed by atoms with E-state index in [1.165, 1.54) is 0 Å². The van der Waals surface area contributed by atoms with Gasteiger partial charge in [-0.25, -0.2) is 0 Å². The Balaban J connectivity index is 1.92. The lowest BCUT2D eigenvalue weighted by Gasteiger charge is -2.18. The van der Waals surface area contributed by atoms with Gasteiger partial charge in [0.2, 0.25) is 5.91 Å². The van der Waals surface area contributed by atoms with Gasteiger partial charge in [0, 0.05) is 24.6 Å². The van der Waals surface area contributed by atoms with E-state index < -0.39 is 0 Å². The average molecular weight is 318 g/mol. The van der Waals surface area contributed by atoms with Gasteiger partial charge in [0.1, 0.15) is 5.75 Å². The largest absolute Gasteiger partial charge is 0.490 e. The van der Waals surface area contributed by atoms with Gasteiger partial charge in [0.25, 0.3) is 0 Å². The van der Waals surface area contributed by atoms with Crippen LogP contribution in [0.15, 0.2) is 18.2 Å². The van der Waals surface area contributed by atoms with Crippen LogP contribution < -0.4 is 15.8 Å². The number of nitrogens with one attached hydrogen (secondary N) is 1. The van der Waals surface area contributed by atoms with Gasteiger partial charge in [-0.1, -0.05) is 25.5 Å². The molecule has 23 heavy (non-hydrogen) atoms. The van der Waals surface area contributed by atoms with Crippen LogP contribution in [0.25, 0.3) is 0 Å². The first kappa shape index (κ1) is 17.8. The number of carbonyl (C=O) groups is 1. The molecule has 4 nitrogen and oxygen atoms in total. The van der Waals surface area contributed by atoms with Crippen molar-refractivity contribution < 1.29 is 9.53 Å². The molecule has 1 aromatic carbocycles. The lowest BCUT2D eigenvalue weighted by atomic mass is 10.00. The first-order valence-corrected chi connectivity index (χ1v) is 8.78. The molecule has 1 unspecified atom stereocenters. The Morgan fingerprint density at radius 2 is 2.22 bits per heavy atom. The van der Waals surface area contributed by atoms with E-state index >= 15 is 0 Å². The zero-order chi connectivity index (χ0) is 16.8. The van der Waals surface area contributed by atoms with Crippen molar-refractivity contribution in [2.45, 2.75) is 71.6 Å². The minimum Gasteiger partial charge on any atom is -0.490 e. The van der Waals surface area contributed by atoms with E-state index in [1.54, 1.807) is 0 Å². The predicted molar refractivity (Wildman–Crippen MR) is 93.3 cm³/mol. The second-order valence-corrected chi connectivity index (χ2v) is 6.78. The summed E-state index contributed by atoms with van der Waals surface area (Å²) in [4.78, 5) is 12.2. The molecule has 128 valence electrons. The van der Waals surface area contributed by atoms with Gasteiger partial charge in [0.05, 0.1) is 6.10 Å². The molecule has 0 saturated heterocycles. The standard InChI is InChI=1S/C19H30N2O2/c1-4-14(3)23-18-10-13(2)8-9-16(18)12-21-19(22)11-15-6-5-7-17(15)20/h8-10,14-15,17H,4-7,11-12,20H2,1-3H3,(H,21,22)/t14?,15-,17+/m0/s1. The number of aryl methyl sites for hydroxylation is 1. The van der Waals surface area contributed by atoms with Crippen LogP contribution in [0, 0.1) is 12.8 Å². The van der Waals surface area contributed by atoms with Gasteiger partial charge >= 0.3 is 0 Å². The summed E-state index contributed by atoms with van der Waals surface area (Å²) in [6, 6.07) is 6.32. The Kier molecular flexibility index (Phi) is 6.46. The molecule has 3 atom stereocenters. The van der Waals surface area contributed by atoms with Gasteiger partial charge in [-0.15, -0.1) is 0 Å². The number of nitrogens with two attached hydrogens (primary N) is 1. The lowest BCUT2D eigenvalue weighted by Crippen LogP contribution is -2.31. The van der Waals surface area contributed by atoms with Crippen molar-refractivity contribution >= 4 is 5.91 Å². The zero-order valence-electron chi connectivity index (χ0n) is 14.6. The molecule has 1 aliphatic carbocycles. The van der Waals surface area contributed by atoms with Crippen LogP contribution in [0.2, 0.25) is 0 Å². The van der Waals surface area contributed by atoms with E-state index in [2.05, 4.69) is 25.2 Å². The third-order valence-electron chi connectivity index (χ3n) is 4.77. The van der Waals surface area contributed by atoms with E-state index in [4.69, 9.17) is 10.5 Å². The molecule has 2 rings (SSSR count). The molecule has 1 amide bonds. The first-order valence-electron chi connectivity index (χ1n) is 8.78. The lowest BCUT2D eigenvalue weighted by molar-refractivity contribution is -0.122. The highest BCUT2D eigenvalue weighted by molar-refractivity contribution is 5.76. The fraction of sp³-hybridized carbons (Fsp3) is 0.632. The Hall–Kier alpha value is -1.55. The van der Waals surface area contributed by atoms with Crippen molar-refractivity contribution in [2.24, 2.45) is 11.7 Å². The summed E-state index contributed by atoms with van der Waals surface area (Å²) in [6.07, 6.45) is 4.92. The van der Waals surface area contributed by atoms with Crippen LogP contribution in [0.5, 0.6) is 5.75 Å². The van der Waals surface area contributed by atoms with Crippen molar-refractivity contribution in [3.8, 4) is 5.75 Å². The van der Waals surface area contributed by atoms with E-state index in [1.807, 2.05) is 19.1 Å². The monoisotopic (exact) mass is 318 g/mol. The predicted octanol–water partition coefficient (Wildman–Crippen LogP) is 3.31. The minimum atomic E-state index is 0.0856. The minimum absolute atomic E-state index is 0.0856. The van der Waals surface area contributed by atoms with Gasteiger partial charge < -0.3 is 15.8 Å². The van der Waals surface area contributed by atoms with E-state index in [9.17, 15) is 4.79 Å². The SMILES string of the molecule is CCC(C)Oc1cc(C)ccc1CNC(=O)C[C@@H]1CCC[C@H]1N. The molecule has 1 aromatic rings. The van der Waals surface area contributed by atoms with Crippen LogP contribution in [-0.4, -0.2) is 18.1 Å². The molecular formula is C19H30N2O2. The third-order valence-corrected chi connectivity index (χ3v) is 4.77. The Morgan fingerprint density at radius 3 is 2.87 bits per heavy atom.